The maximum absolute atomic E-state index is 5.94. The average molecular weight is 238 g/mol. The Balaban J connectivity index is 1.48. The lowest BCUT2D eigenvalue weighted by Crippen LogP contribution is -2.30. The summed E-state index contributed by atoms with van der Waals surface area (Å²) in [4.78, 5) is 2.67. The zero-order chi connectivity index (χ0) is 11.9. The van der Waals surface area contributed by atoms with Crippen molar-refractivity contribution in [2.45, 2.75) is 70.3 Å². The van der Waals surface area contributed by atoms with E-state index in [0.29, 0.717) is 6.04 Å². The molecule has 1 aliphatic heterocycles. The molecule has 0 radical (unpaired) electrons. The van der Waals surface area contributed by atoms with Gasteiger partial charge in [-0.1, -0.05) is 19.3 Å². The Kier molecular flexibility index (Phi) is 5.79. The van der Waals surface area contributed by atoms with E-state index in [2.05, 4.69) is 4.90 Å². The highest BCUT2D eigenvalue weighted by atomic mass is 15.1. The molecule has 2 aliphatic rings. The fraction of sp³-hybridized carbons (Fsp3) is 1.00. The van der Waals surface area contributed by atoms with Crippen molar-refractivity contribution in [2.24, 2.45) is 11.7 Å². The topological polar surface area (TPSA) is 29.3 Å². The van der Waals surface area contributed by atoms with Crippen LogP contribution in [0.15, 0.2) is 0 Å². The highest BCUT2D eigenvalue weighted by Crippen LogP contribution is 2.27. The first-order valence-electron chi connectivity index (χ1n) is 7.82. The quantitative estimate of drug-likeness (QED) is 0.746. The maximum atomic E-state index is 5.94. The highest BCUT2D eigenvalue weighted by molar-refractivity contribution is 4.74. The van der Waals surface area contributed by atoms with Crippen LogP contribution in [0.3, 0.4) is 0 Å². The van der Waals surface area contributed by atoms with E-state index in [0.717, 1.165) is 5.92 Å². The molecule has 17 heavy (non-hydrogen) atoms. The van der Waals surface area contributed by atoms with E-state index in [1.54, 1.807) is 0 Å². The summed E-state index contributed by atoms with van der Waals surface area (Å²) >= 11 is 0. The van der Waals surface area contributed by atoms with E-state index in [1.165, 1.54) is 83.8 Å². The van der Waals surface area contributed by atoms with Gasteiger partial charge in [-0.25, -0.2) is 0 Å². The summed E-state index contributed by atoms with van der Waals surface area (Å²) in [5.74, 6) is 0.996. The molecule has 100 valence electrons. The van der Waals surface area contributed by atoms with Crippen molar-refractivity contribution in [3.63, 3.8) is 0 Å². The van der Waals surface area contributed by atoms with E-state index in [4.69, 9.17) is 5.73 Å². The van der Waals surface area contributed by atoms with Crippen molar-refractivity contribution in [3.05, 3.63) is 0 Å². The lowest BCUT2D eigenvalue weighted by molar-refractivity contribution is 0.219. The monoisotopic (exact) mass is 238 g/mol. The number of likely N-dealkylation sites (tertiary alicyclic amines) is 1. The molecule has 0 amide bonds. The zero-order valence-electron chi connectivity index (χ0n) is 11.4. The van der Waals surface area contributed by atoms with Crippen molar-refractivity contribution in [3.8, 4) is 0 Å². The smallest absolute Gasteiger partial charge is 0.00390 e. The van der Waals surface area contributed by atoms with Gasteiger partial charge in [-0.2, -0.15) is 0 Å². The molecule has 0 unspecified atom stereocenters. The number of hydrogen-bond acceptors (Lipinski definition) is 2. The predicted molar refractivity (Wildman–Crippen MR) is 74.1 cm³/mol. The Morgan fingerprint density at radius 3 is 2.29 bits per heavy atom. The zero-order valence-corrected chi connectivity index (χ0v) is 11.4. The number of hydrogen-bond donors (Lipinski definition) is 1. The first kappa shape index (κ1) is 13.4. The molecule has 2 fully saturated rings. The summed E-state index contributed by atoms with van der Waals surface area (Å²) in [5.41, 5.74) is 5.94. The van der Waals surface area contributed by atoms with E-state index in [-0.39, 0.29) is 0 Å². The lowest BCUT2D eigenvalue weighted by Gasteiger charge is -2.28. The molecule has 0 aromatic carbocycles. The lowest BCUT2D eigenvalue weighted by atomic mass is 9.83. The van der Waals surface area contributed by atoms with Crippen LogP contribution in [-0.4, -0.2) is 30.6 Å². The minimum absolute atomic E-state index is 0.514. The van der Waals surface area contributed by atoms with Crippen LogP contribution in [0.2, 0.25) is 0 Å². The van der Waals surface area contributed by atoms with Gasteiger partial charge in [0.05, 0.1) is 0 Å². The minimum atomic E-state index is 0.514. The second kappa shape index (κ2) is 7.38. The summed E-state index contributed by atoms with van der Waals surface area (Å²) in [6, 6.07) is 0.514. The van der Waals surface area contributed by atoms with Crippen LogP contribution in [0.25, 0.3) is 0 Å². The van der Waals surface area contributed by atoms with Gasteiger partial charge in [-0.3, -0.25) is 0 Å². The Morgan fingerprint density at radius 2 is 1.59 bits per heavy atom. The van der Waals surface area contributed by atoms with Crippen LogP contribution in [0.5, 0.6) is 0 Å². The molecule has 1 aliphatic carbocycles. The normalized spacial score (nSPS) is 31.6. The molecular weight excluding hydrogens is 208 g/mol. The number of nitrogens with zero attached hydrogens (tertiary/aromatic N) is 1. The van der Waals surface area contributed by atoms with Gasteiger partial charge < -0.3 is 10.6 Å². The second-order valence-electron chi connectivity index (χ2n) is 6.18. The second-order valence-corrected chi connectivity index (χ2v) is 6.18. The van der Waals surface area contributed by atoms with Crippen LogP contribution in [0, 0.1) is 5.92 Å². The molecule has 0 aromatic heterocycles. The van der Waals surface area contributed by atoms with Crippen LogP contribution in [-0.2, 0) is 0 Å². The van der Waals surface area contributed by atoms with Gasteiger partial charge in [0.15, 0.2) is 0 Å². The Hall–Kier alpha value is -0.0800. The predicted octanol–water partition coefficient (Wildman–Crippen LogP) is 3.16. The minimum Gasteiger partial charge on any atom is -0.328 e. The fourth-order valence-electron chi connectivity index (χ4n) is 3.43. The van der Waals surface area contributed by atoms with Crippen LogP contribution >= 0.6 is 0 Å². The average Bonchev–Trinajstić information content (AvgIpc) is 2.38. The van der Waals surface area contributed by atoms with Crippen LogP contribution in [0.1, 0.15) is 64.2 Å². The number of piperidine rings is 1. The molecule has 2 heteroatoms. The van der Waals surface area contributed by atoms with E-state index in [1.807, 2.05) is 0 Å². The van der Waals surface area contributed by atoms with Gasteiger partial charge in [0.25, 0.3) is 0 Å². The largest absolute Gasteiger partial charge is 0.328 e. The summed E-state index contributed by atoms with van der Waals surface area (Å²) < 4.78 is 0. The molecule has 0 atom stereocenters. The molecule has 1 saturated carbocycles. The van der Waals surface area contributed by atoms with E-state index >= 15 is 0 Å². The molecule has 0 bridgehead atoms. The standard InChI is InChI=1S/C15H30N2/c16-15-9-7-14(8-10-15)6-2-5-13-17-11-3-1-4-12-17/h14-15H,1-13,16H2. The number of rotatable bonds is 5. The Bertz CT molecular complexity index is 191. The molecule has 2 N–H and O–H groups in total. The van der Waals surface area contributed by atoms with Gasteiger partial charge in [0.1, 0.15) is 0 Å². The van der Waals surface area contributed by atoms with Crippen molar-refractivity contribution < 1.29 is 0 Å². The number of nitrogens with two attached hydrogens (primary N) is 1. The molecule has 1 heterocycles. The van der Waals surface area contributed by atoms with Crippen molar-refractivity contribution in [1.82, 2.24) is 4.90 Å². The summed E-state index contributed by atoms with van der Waals surface area (Å²) in [6.45, 7) is 4.07. The van der Waals surface area contributed by atoms with Crippen molar-refractivity contribution in [2.75, 3.05) is 19.6 Å². The summed E-state index contributed by atoms with van der Waals surface area (Å²) in [7, 11) is 0. The Morgan fingerprint density at radius 1 is 0.882 bits per heavy atom. The molecule has 0 aromatic rings. The van der Waals surface area contributed by atoms with Gasteiger partial charge in [0.2, 0.25) is 0 Å². The van der Waals surface area contributed by atoms with Gasteiger partial charge in [-0.15, -0.1) is 0 Å². The van der Waals surface area contributed by atoms with E-state index < -0.39 is 0 Å². The highest BCUT2D eigenvalue weighted by Gasteiger charge is 2.18. The summed E-state index contributed by atoms with van der Waals surface area (Å²) in [5, 5.41) is 0. The SMILES string of the molecule is NC1CCC(CCCCN2CCCCC2)CC1. The third-order valence-electron chi connectivity index (χ3n) is 4.68. The van der Waals surface area contributed by atoms with Gasteiger partial charge in [-0.05, 0) is 70.5 Å². The van der Waals surface area contributed by atoms with Gasteiger partial charge in [0, 0.05) is 6.04 Å². The molecule has 0 spiro atoms. The first-order chi connectivity index (χ1) is 8.34. The third kappa shape index (κ3) is 4.97. The Labute approximate surface area is 107 Å². The van der Waals surface area contributed by atoms with E-state index in [9.17, 15) is 0 Å². The fourth-order valence-corrected chi connectivity index (χ4v) is 3.43. The third-order valence-corrected chi connectivity index (χ3v) is 4.68. The molecule has 2 rings (SSSR count). The van der Waals surface area contributed by atoms with Crippen molar-refractivity contribution in [1.29, 1.82) is 0 Å². The molecule has 2 nitrogen and oxygen atoms in total. The molecule has 1 saturated heterocycles. The first-order valence-corrected chi connectivity index (χ1v) is 7.82. The summed E-state index contributed by atoms with van der Waals surface area (Å²) in [6.07, 6.45) is 14.0. The van der Waals surface area contributed by atoms with Crippen LogP contribution < -0.4 is 5.73 Å². The maximum Gasteiger partial charge on any atom is 0.00390 e. The molecular formula is C15H30N2. The van der Waals surface area contributed by atoms with Crippen molar-refractivity contribution >= 4 is 0 Å². The van der Waals surface area contributed by atoms with Crippen LogP contribution in [0.4, 0.5) is 0 Å². The van der Waals surface area contributed by atoms with Gasteiger partial charge >= 0.3 is 0 Å². The number of unbranched alkanes of at least 4 members (excludes halogenated alkanes) is 1.